The van der Waals surface area contributed by atoms with Crippen LogP contribution in [0.4, 0.5) is 0 Å². The molecule has 4 nitrogen and oxygen atoms in total. The number of rotatable bonds is 12. The molecule has 0 saturated carbocycles. The van der Waals surface area contributed by atoms with Crippen molar-refractivity contribution in [1.82, 2.24) is 0 Å². The van der Waals surface area contributed by atoms with E-state index >= 15 is 0 Å². The van der Waals surface area contributed by atoms with Crippen molar-refractivity contribution in [2.45, 2.75) is 64.4 Å². The van der Waals surface area contributed by atoms with Crippen molar-refractivity contribution in [3.63, 3.8) is 0 Å². The van der Waals surface area contributed by atoms with E-state index in [0.29, 0.717) is 19.3 Å². The lowest BCUT2D eigenvalue weighted by molar-refractivity contribution is -0.137. The number of aliphatic carboxylic acids is 1. The number of hydrogen-bond donors (Lipinski definition) is 2. The van der Waals surface area contributed by atoms with Gasteiger partial charge in [0.15, 0.2) is 5.78 Å². The van der Waals surface area contributed by atoms with E-state index in [1.165, 1.54) is 19.3 Å². The van der Waals surface area contributed by atoms with Crippen LogP contribution < -0.4 is 0 Å². The molecule has 0 spiro atoms. The number of ketones is 1. The average Bonchev–Trinajstić information content (AvgIpc) is 2.89. The molecule has 3 atom stereocenters. The molecule has 0 fully saturated rings. The van der Waals surface area contributed by atoms with Crippen LogP contribution in [-0.2, 0) is 9.59 Å². The Kier molecular flexibility index (Phi) is 10.0. The second kappa shape index (κ2) is 11.8. The van der Waals surface area contributed by atoms with Crippen LogP contribution in [0.5, 0.6) is 0 Å². The third-order valence-electron chi connectivity index (χ3n) is 4.29. The fourth-order valence-electron chi connectivity index (χ4n) is 2.86. The van der Waals surface area contributed by atoms with E-state index in [1.54, 1.807) is 12.2 Å². The zero-order valence-electron chi connectivity index (χ0n) is 14.6. The highest BCUT2D eigenvalue weighted by Gasteiger charge is 2.27. The van der Waals surface area contributed by atoms with Crippen molar-refractivity contribution in [1.29, 1.82) is 0 Å². The van der Waals surface area contributed by atoms with Crippen LogP contribution in [0, 0.1) is 11.8 Å². The number of allylic oxidation sites excluding steroid dienone is 4. The molecule has 0 heterocycles. The molecular formula is C20H30O4. The van der Waals surface area contributed by atoms with E-state index < -0.39 is 12.1 Å². The predicted octanol–water partition coefficient (Wildman–Crippen LogP) is 4.06. The Hall–Kier alpha value is -1.68. The Bertz CT molecular complexity index is 476. The normalized spacial score (nSPS) is 22.0. The van der Waals surface area contributed by atoms with Gasteiger partial charge in [0.1, 0.15) is 0 Å². The molecule has 1 aliphatic carbocycles. The summed E-state index contributed by atoms with van der Waals surface area (Å²) >= 11 is 0. The molecule has 0 radical (unpaired) electrons. The Morgan fingerprint density at radius 2 is 2.08 bits per heavy atom. The number of aliphatic hydroxyl groups is 1. The van der Waals surface area contributed by atoms with Gasteiger partial charge in [-0.2, -0.15) is 0 Å². The van der Waals surface area contributed by atoms with Gasteiger partial charge < -0.3 is 10.2 Å². The number of carboxylic acids is 1. The van der Waals surface area contributed by atoms with Crippen molar-refractivity contribution >= 4 is 11.8 Å². The number of unbranched alkanes of at least 4 members (excludes halogenated alkanes) is 3. The van der Waals surface area contributed by atoms with Gasteiger partial charge in [-0.3, -0.25) is 9.59 Å². The molecule has 0 aliphatic heterocycles. The molecule has 0 aromatic rings. The summed E-state index contributed by atoms with van der Waals surface area (Å²) in [5.74, 6) is -0.992. The molecule has 0 aromatic heterocycles. The van der Waals surface area contributed by atoms with Gasteiger partial charge >= 0.3 is 5.97 Å². The number of carboxylic acid groups (broad SMARTS) is 1. The topological polar surface area (TPSA) is 74.6 Å². The SMILES string of the molecule is CCCCC/C=C\C[C@@H](O)/C=C/[C@@H]1C=CC(=O)[C@H]1CCCC(=O)O. The molecule has 4 heteroatoms. The van der Waals surface area contributed by atoms with Crippen molar-refractivity contribution in [3.8, 4) is 0 Å². The molecule has 24 heavy (non-hydrogen) atoms. The largest absolute Gasteiger partial charge is 0.481 e. The summed E-state index contributed by atoms with van der Waals surface area (Å²) in [6.45, 7) is 2.18. The van der Waals surface area contributed by atoms with Crippen LogP contribution in [-0.4, -0.2) is 28.1 Å². The first-order valence-corrected chi connectivity index (χ1v) is 8.99. The highest BCUT2D eigenvalue weighted by Crippen LogP contribution is 2.28. The lowest BCUT2D eigenvalue weighted by Crippen LogP contribution is -2.15. The number of carbonyl (C=O) groups is 2. The summed E-state index contributed by atoms with van der Waals surface area (Å²) in [4.78, 5) is 22.4. The zero-order chi connectivity index (χ0) is 17.8. The maximum absolute atomic E-state index is 11.9. The lowest BCUT2D eigenvalue weighted by atomic mass is 9.89. The van der Waals surface area contributed by atoms with Gasteiger partial charge in [0, 0.05) is 18.3 Å². The number of hydrogen-bond acceptors (Lipinski definition) is 3. The minimum Gasteiger partial charge on any atom is -0.481 e. The predicted molar refractivity (Wildman–Crippen MR) is 95.7 cm³/mol. The quantitative estimate of drug-likeness (QED) is 0.417. The average molecular weight is 334 g/mol. The minimum absolute atomic E-state index is 0.0329. The van der Waals surface area contributed by atoms with E-state index in [-0.39, 0.29) is 24.0 Å². The molecule has 0 aromatic carbocycles. The van der Waals surface area contributed by atoms with E-state index in [2.05, 4.69) is 13.0 Å². The lowest BCUT2D eigenvalue weighted by Gasteiger charge is -2.14. The maximum Gasteiger partial charge on any atom is 0.303 e. The second-order valence-electron chi connectivity index (χ2n) is 6.39. The van der Waals surface area contributed by atoms with Crippen molar-refractivity contribution < 1.29 is 19.8 Å². The first kappa shape index (κ1) is 20.4. The summed E-state index contributed by atoms with van der Waals surface area (Å²) in [7, 11) is 0. The molecule has 0 bridgehead atoms. The molecule has 0 saturated heterocycles. The molecule has 0 amide bonds. The molecule has 2 N–H and O–H groups in total. The van der Waals surface area contributed by atoms with Gasteiger partial charge in [0.05, 0.1) is 6.10 Å². The van der Waals surface area contributed by atoms with E-state index in [0.717, 1.165) is 6.42 Å². The van der Waals surface area contributed by atoms with Gasteiger partial charge in [-0.1, -0.05) is 50.1 Å². The van der Waals surface area contributed by atoms with Crippen LogP contribution in [0.3, 0.4) is 0 Å². The molecule has 134 valence electrons. The molecule has 1 aliphatic rings. The van der Waals surface area contributed by atoms with E-state index in [1.807, 2.05) is 18.2 Å². The summed E-state index contributed by atoms with van der Waals surface area (Å²) in [5.41, 5.74) is 0. The number of carbonyl (C=O) groups excluding carboxylic acids is 1. The first-order valence-electron chi connectivity index (χ1n) is 8.99. The Morgan fingerprint density at radius 3 is 2.79 bits per heavy atom. The summed E-state index contributed by atoms with van der Waals surface area (Å²) < 4.78 is 0. The van der Waals surface area contributed by atoms with E-state index in [4.69, 9.17) is 5.11 Å². The fraction of sp³-hybridized carbons (Fsp3) is 0.600. The number of aliphatic hydroxyl groups excluding tert-OH is 1. The van der Waals surface area contributed by atoms with Crippen LogP contribution in [0.25, 0.3) is 0 Å². The highest BCUT2D eigenvalue weighted by atomic mass is 16.4. The Labute approximate surface area is 145 Å². The molecular weight excluding hydrogens is 304 g/mol. The zero-order valence-corrected chi connectivity index (χ0v) is 14.6. The van der Waals surface area contributed by atoms with Crippen LogP contribution in [0.2, 0.25) is 0 Å². The third kappa shape index (κ3) is 8.25. The Balaban J connectivity index is 2.36. The van der Waals surface area contributed by atoms with Crippen LogP contribution in [0.15, 0.2) is 36.5 Å². The highest BCUT2D eigenvalue weighted by molar-refractivity contribution is 5.94. The van der Waals surface area contributed by atoms with Gasteiger partial charge in [-0.05, 0) is 38.2 Å². The van der Waals surface area contributed by atoms with E-state index in [9.17, 15) is 14.7 Å². The molecule has 0 unspecified atom stereocenters. The summed E-state index contributed by atoms with van der Waals surface area (Å²) in [6, 6.07) is 0. The second-order valence-corrected chi connectivity index (χ2v) is 6.39. The Morgan fingerprint density at radius 1 is 1.29 bits per heavy atom. The van der Waals surface area contributed by atoms with Crippen molar-refractivity contribution in [2.24, 2.45) is 11.8 Å². The van der Waals surface area contributed by atoms with Crippen LogP contribution >= 0.6 is 0 Å². The monoisotopic (exact) mass is 334 g/mol. The van der Waals surface area contributed by atoms with Gasteiger partial charge in [0.2, 0.25) is 0 Å². The fourth-order valence-corrected chi connectivity index (χ4v) is 2.86. The van der Waals surface area contributed by atoms with Crippen molar-refractivity contribution in [3.05, 3.63) is 36.5 Å². The minimum atomic E-state index is -0.832. The van der Waals surface area contributed by atoms with Gasteiger partial charge in [-0.25, -0.2) is 0 Å². The smallest absolute Gasteiger partial charge is 0.303 e. The van der Waals surface area contributed by atoms with Gasteiger partial charge in [0.25, 0.3) is 0 Å². The summed E-state index contributed by atoms with van der Waals surface area (Å²) in [5, 5.41) is 18.7. The molecule has 1 rings (SSSR count). The standard InChI is InChI=1S/C20H30O4/c1-2-3-4-5-6-7-9-17(21)14-12-16-13-15-19(22)18(16)10-8-11-20(23)24/h6-7,12-18,21H,2-5,8-11H2,1H3,(H,23,24)/b7-6-,14-12+/t16-,17-,18+/m1/s1. The summed E-state index contributed by atoms with van der Waals surface area (Å²) in [6.07, 6.45) is 17.0. The van der Waals surface area contributed by atoms with Gasteiger partial charge in [-0.15, -0.1) is 0 Å². The third-order valence-corrected chi connectivity index (χ3v) is 4.29. The van der Waals surface area contributed by atoms with Crippen LogP contribution in [0.1, 0.15) is 58.3 Å². The maximum atomic E-state index is 11.9. The van der Waals surface area contributed by atoms with Crippen molar-refractivity contribution in [2.75, 3.05) is 0 Å². The first-order chi connectivity index (χ1) is 11.5.